The Balaban J connectivity index is 0.00000196. The normalized spacial score (nSPS) is 15.0. The molecule has 5 heteroatoms. The molecule has 0 radical (unpaired) electrons. The summed E-state index contributed by atoms with van der Waals surface area (Å²) in [5.41, 5.74) is 2.19. The number of benzene rings is 2. The number of carbonyl (C=O) groups is 1. The third kappa shape index (κ3) is 4.09. The Morgan fingerprint density at radius 2 is 1.73 bits per heavy atom. The molecule has 2 aromatic carbocycles. The van der Waals surface area contributed by atoms with Crippen molar-refractivity contribution in [1.82, 2.24) is 4.90 Å². The van der Waals surface area contributed by atoms with E-state index in [1.807, 2.05) is 16.8 Å². The molecule has 0 N–H and O–H groups in total. The van der Waals surface area contributed by atoms with Crippen LogP contribution in [0.4, 0.5) is 5.69 Å². The number of anilines is 1. The topological polar surface area (TPSA) is 23.6 Å². The predicted molar refractivity (Wildman–Crippen MR) is 113 cm³/mol. The highest BCUT2D eigenvalue weighted by Crippen LogP contribution is 2.27. The van der Waals surface area contributed by atoms with Gasteiger partial charge in [-0.2, -0.15) is 11.3 Å². The average Bonchev–Trinajstić information content (AvgIpc) is 3.21. The van der Waals surface area contributed by atoms with Gasteiger partial charge >= 0.3 is 0 Å². The number of halogens is 1. The van der Waals surface area contributed by atoms with Gasteiger partial charge in [0.05, 0.1) is 0 Å². The van der Waals surface area contributed by atoms with E-state index in [0.29, 0.717) is 6.42 Å². The van der Waals surface area contributed by atoms with E-state index in [1.165, 1.54) is 16.5 Å². The van der Waals surface area contributed by atoms with E-state index >= 15 is 0 Å². The Labute approximate surface area is 164 Å². The van der Waals surface area contributed by atoms with Crippen LogP contribution in [0.5, 0.6) is 0 Å². The summed E-state index contributed by atoms with van der Waals surface area (Å²) in [5.74, 6) is 0.262. The number of hydrogen-bond donors (Lipinski definition) is 0. The minimum atomic E-state index is 0. The highest BCUT2D eigenvalue weighted by Gasteiger charge is 2.19. The molecule has 0 aliphatic carbocycles. The van der Waals surface area contributed by atoms with E-state index in [-0.39, 0.29) is 18.2 Å². The zero-order valence-corrected chi connectivity index (χ0v) is 16.3. The van der Waals surface area contributed by atoms with E-state index < -0.39 is 0 Å². The molecule has 0 unspecified atom stereocenters. The molecule has 0 atom stereocenters. The highest BCUT2D eigenvalue weighted by atomic mass is 35.5. The summed E-state index contributed by atoms with van der Waals surface area (Å²) >= 11 is 1.59. The molecule has 0 amide bonds. The van der Waals surface area contributed by atoms with E-state index in [1.54, 1.807) is 11.3 Å². The lowest BCUT2D eigenvalue weighted by molar-refractivity contribution is 0.0963. The van der Waals surface area contributed by atoms with Crippen molar-refractivity contribution in [2.45, 2.75) is 6.42 Å². The number of fused-ring (bicyclic) bond motifs is 1. The van der Waals surface area contributed by atoms with Crippen molar-refractivity contribution in [2.24, 2.45) is 0 Å². The first-order chi connectivity index (χ1) is 12.3. The van der Waals surface area contributed by atoms with Gasteiger partial charge in [0.1, 0.15) is 0 Å². The van der Waals surface area contributed by atoms with Gasteiger partial charge in [-0.25, -0.2) is 0 Å². The zero-order chi connectivity index (χ0) is 17.1. The quantitative estimate of drug-likeness (QED) is 0.593. The summed E-state index contributed by atoms with van der Waals surface area (Å²) < 4.78 is 0. The van der Waals surface area contributed by atoms with E-state index in [0.717, 1.165) is 38.3 Å². The first-order valence-electron chi connectivity index (χ1n) is 8.82. The fourth-order valence-corrected chi connectivity index (χ4v) is 4.18. The maximum Gasteiger partial charge on any atom is 0.164 e. The van der Waals surface area contributed by atoms with Crippen LogP contribution in [0.25, 0.3) is 10.8 Å². The smallest absolute Gasteiger partial charge is 0.164 e. The Kier molecular flexibility index (Phi) is 6.30. The number of hydrogen-bond acceptors (Lipinski definition) is 4. The van der Waals surface area contributed by atoms with Crippen LogP contribution in [-0.4, -0.2) is 43.4 Å². The average molecular weight is 387 g/mol. The van der Waals surface area contributed by atoms with Gasteiger partial charge in [-0.15, -0.1) is 12.4 Å². The fourth-order valence-electron chi connectivity index (χ4n) is 3.52. The molecule has 136 valence electrons. The van der Waals surface area contributed by atoms with Crippen LogP contribution in [0, 0.1) is 0 Å². The molecule has 0 spiro atoms. The van der Waals surface area contributed by atoms with Crippen LogP contribution in [0.3, 0.4) is 0 Å². The molecule has 2 heterocycles. The van der Waals surface area contributed by atoms with Crippen molar-refractivity contribution in [1.29, 1.82) is 0 Å². The molecule has 1 aliphatic rings. The SMILES string of the molecule is Cl.O=C(CCN1CCN(c2cccc3ccccc23)CC1)c1ccsc1. The third-order valence-corrected chi connectivity index (χ3v) is 5.66. The minimum absolute atomic E-state index is 0. The second-order valence-electron chi connectivity index (χ2n) is 6.51. The number of thiophene rings is 1. The maximum atomic E-state index is 12.2. The first kappa shape index (κ1) is 18.9. The summed E-state index contributed by atoms with van der Waals surface area (Å²) in [6.07, 6.45) is 0.616. The second-order valence-corrected chi connectivity index (χ2v) is 7.29. The first-order valence-corrected chi connectivity index (χ1v) is 9.76. The molecular weight excluding hydrogens is 364 g/mol. The van der Waals surface area contributed by atoms with Crippen LogP contribution < -0.4 is 4.90 Å². The molecule has 3 aromatic rings. The molecule has 1 aromatic heterocycles. The minimum Gasteiger partial charge on any atom is -0.368 e. The molecule has 26 heavy (non-hydrogen) atoms. The zero-order valence-electron chi connectivity index (χ0n) is 14.6. The lowest BCUT2D eigenvalue weighted by Gasteiger charge is -2.36. The summed E-state index contributed by atoms with van der Waals surface area (Å²) in [4.78, 5) is 17.0. The number of piperazine rings is 1. The number of Topliss-reactive ketones (excluding diaryl/α,β-unsaturated/α-hetero) is 1. The summed E-state index contributed by atoms with van der Waals surface area (Å²) in [7, 11) is 0. The molecule has 1 fully saturated rings. The van der Waals surface area contributed by atoms with Gasteiger partial charge < -0.3 is 4.90 Å². The second kappa shape index (κ2) is 8.67. The van der Waals surface area contributed by atoms with Crippen molar-refractivity contribution < 1.29 is 4.79 Å². The molecule has 3 nitrogen and oxygen atoms in total. The lowest BCUT2D eigenvalue weighted by Crippen LogP contribution is -2.47. The fraction of sp³-hybridized carbons (Fsp3) is 0.286. The van der Waals surface area contributed by atoms with Gasteiger partial charge in [0, 0.05) is 61.2 Å². The van der Waals surface area contributed by atoms with Crippen molar-refractivity contribution in [3.05, 3.63) is 64.9 Å². The van der Waals surface area contributed by atoms with Gasteiger partial charge in [-0.05, 0) is 22.9 Å². The molecule has 1 aliphatic heterocycles. The molecule has 0 bridgehead atoms. The highest BCUT2D eigenvalue weighted by molar-refractivity contribution is 7.08. The molecular formula is C21H23ClN2OS. The Hall–Kier alpha value is -1.88. The number of nitrogens with zero attached hydrogens (tertiary/aromatic N) is 2. The standard InChI is InChI=1S/C21H22N2OS.ClH/c24-21(18-9-15-25-16-18)8-10-22-11-13-23(14-12-22)20-7-3-5-17-4-1-2-6-19(17)20;/h1-7,9,15-16H,8,10-14H2;1H. The Morgan fingerprint density at radius 1 is 0.962 bits per heavy atom. The van der Waals surface area contributed by atoms with Gasteiger partial charge in [-0.3, -0.25) is 9.69 Å². The van der Waals surface area contributed by atoms with E-state index in [9.17, 15) is 4.79 Å². The molecule has 4 rings (SSSR count). The summed E-state index contributed by atoms with van der Waals surface area (Å²) in [6, 6.07) is 17.0. The summed E-state index contributed by atoms with van der Waals surface area (Å²) in [5, 5.41) is 6.53. The predicted octanol–water partition coefficient (Wildman–Crippen LogP) is 4.72. The Bertz CT molecular complexity index is 852. The number of carbonyl (C=O) groups excluding carboxylic acids is 1. The van der Waals surface area contributed by atoms with E-state index in [4.69, 9.17) is 0 Å². The van der Waals surface area contributed by atoms with Gasteiger partial charge in [0.2, 0.25) is 0 Å². The largest absolute Gasteiger partial charge is 0.368 e. The van der Waals surface area contributed by atoms with E-state index in [2.05, 4.69) is 52.3 Å². The van der Waals surface area contributed by atoms with Crippen LogP contribution in [-0.2, 0) is 0 Å². The van der Waals surface area contributed by atoms with Crippen molar-refractivity contribution in [3.63, 3.8) is 0 Å². The Morgan fingerprint density at radius 3 is 2.50 bits per heavy atom. The van der Waals surface area contributed by atoms with Crippen molar-refractivity contribution in [2.75, 3.05) is 37.6 Å². The van der Waals surface area contributed by atoms with Crippen molar-refractivity contribution in [3.8, 4) is 0 Å². The van der Waals surface area contributed by atoms with Crippen LogP contribution in [0.1, 0.15) is 16.8 Å². The van der Waals surface area contributed by atoms with Crippen LogP contribution in [0.15, 0.2) is 59.3 Å². The van der Waals surface area contributed by atoms with Crippen LogP contribution >= 0.6 is 23.7 Å². The molecule has 1 saturated heterocycles. The lowest BCUT2D eigenvalue weighted by atomic mass is 10.1. The third-order valence-electron chi connectivity index (χ3n) is 4.98. The molecule has 0 saturated carbocycles. The van der Waals surface area contributed by atoms with Crippen molar-refractivity contribution >= 4 is 46.0 Å². The van der Waals surface area contributed by atoms with Gasteiger partial charge in [-0.1, -0.05) is 36.4 Å². The monoisotopic (exact) mass is 386 g/mol. The van der Waals surface area contributed by atoms with Crippen LogP contribution in [0.2, 0.25) is 0 Å². The van der Waals surface area contributed by atoms with Gasteiger partial charge in [0.25, 0.3) is 0 Å². The summed E-state index contributed by atoms with van der Waals surface area (Å²) in [6.45, 7) is 4.92. The van der Waals surface area contributed by atoms with Gasteiger partial charge in [0.15, 0.2) is 5.78 Å². The maximum absolute atomic E-state index is 12.2. The number of rotatable bonds is 5. The number of ketones is 1.